The molecule has 5 heteroatoms. The van der Waals surface area contributed by atoms with Crippen LogP contribution in [0.1, 0.15) is 10.6 Å². The molecule has 3 aromatic rings. The summed E-state index contributed by atoms with van der Waals surface area (Å²) in [6, 6.07) is 11.8. The summed E-state index contributed by atoms with van der Waals surface area (Å²) in [4.78, 5) is 9.68. The highest BCUT2D eigenvalue weighted by Crippen LogP contribution is 2.27. The third kappa shape index (κ3) is 3.88. The van der Waals surface area contributed by atoms with E-state index in [0.29, 0.717) is 0 Å². The van der Waals surface area contributed by atoms with E-state index in [4.69, 9.17) is 11.6 Å². The fourth-order valence-corrected chi connectivity index (χ4v) is 3.06. The minimum atomic E-state index is 0.747. The Morgan fingerprint density at radius 2 is 2.05 bits per heavy atom. The first-order valence-electron chi connectivity index (χ1n) is 6.61. The summed E-state index contributed by atoms with van der Waals surface area (Å²) in [5.74, 6) is 0. The molecule has 1 N–H and O–H groups in total. The molecule has 3 nitrogen and oxygen atoms in total. The highest BCUT2D eigenvalue weighted by molar-refractivity contribution is 7.15. The van der Waals surface area contributed by atoms with Crippen molar-refractivity contribution >= 4 is 22.9 Å². The fraction of sp³-hybridized carbons (Fsp3) is 0.125. The van der Waals surface area contributed by atoms with E-state index in [1.807, 2.05) is 42.7 Å². The molecule has 106 valence electrons. The number of aromatic nitrogens is 2. The molecule has 0 spiro atoms. The largest absolute Gasteiger partial charge is 0.306 e. The van der Waals surface area contributed by atoms with Crippen LogP contribution in [0.25, 0.3) is 10.4 Å². The zero-order chi connectivity index (χ0) is 14.5. The van der Waals surface area contributed by atoms with E-state index in [-0.39, 0.29) is 0 Å². The lowest BCUT2D eigenvalue weighted by Crippen LogP contribution is -2.12. The van der Waals surface area contributed by atoms with Gasteiger partial charge in [0.1, 0.15) is 5.01 Å². The van der Waals surface area contributed by atoms with Crippen LogP contribution in [0.15, 0.2) is 55.0 Å². The van der Waals surface area contributed by atoms with Crippen LogP contribution in [-0.2, 0) is 13.1 Å². The summed E-state index contributed by atoms with van der Waals surface area (Å²) in [5.41, 5.74) is 2.28. The standard InChI is InChI=1S/C16H14ClN3S/c17-14-5-1-4-13(7-14)15-10-20-16(21-15)11-19-9-12-3-2-6-18-8-12/h1-8,10,19H,9,11H2. The van der Waals surface area contributed by atoms with Gasteiger partial charge in [0.05, 0.1) is 4.88 Å². The molecule has 0 bridgehead atoms. The molecule has 0 radical (unpaired) electrons. The fourth-order valence-electron chi connectivity index (χ4n) is 1.98. The highest BCUT2D eigenvalue weighted by Gasteiger charge is 2.05. The van der Waals surface area contributed by atoms with E-state index >= 15 is 0 Å². The molecule has 1 aromatic carbocycles. The van der Waals surface area contributed by atoms with Crippen molar-refractivity contribution in [1.29, 1.82) is 0 Å². The van der Waals surface area contributed by atoms with Crippen molar-refractivity contribution in [2.24, 2.45) is 0 Å². The zero-order valence-electron chi connectivity index (χ0n) is 11.3. The monoisotopic (exact) mass is 315 g/mol. The number of halogens is 1. The molecule has 0 atom stereocenters. The molecule has 0 aliphatic carbocycles. The minimum absolute atomic E-state index is 0.747. The average molecular weight is 316 g/mol. The number of hydrogen-bond acceptors (Lipinski definition) is 4. The molecular formula is C16H14ClN3S. The number of pyridine rings is 1. The van der Waals surface area contributed by atoms with Gasteiger partial charge < -0.3 is 5.32 Å². The Kier molecular flexibility index (Phi) is 4.60. The maximum absolute atomic E-state index is 6.02. The van der Waals surface area contributed by atoms with Gasteiger partial charge in [-0.2, -0.15) is 0 Å². The lowest BCUT2D eigenvalue weighted by atomic mass is 10.2. The van der Waals surface area contributed by atoms with Crippen molar-refractivity contribution in [2.75, 3.05) is 0 Å². The Labute approximate surface area is 132 Å². The van der Waals surface area contributed by atoms with Gasteiger partial charge in [-0.1, -0.05) is 29.8 Å². The SMILES string of the molecule is Clc1cccc(-c2cnc(CNCc3cccnc3)s2)c1. The minimum Gasteiger partial charge on any atom is -0.306 e. The molecule has 2 aromatic heterocycles. The summed E-state index contributed by atoms with van der Waals surface area (Å²) in [5, 5.41) is 5.19. The van der Waals surface area contributed by atoms with Gasteiger partial charge in [-0.05, 0) is 29.3 Å². The van der Waals surface area contributed by atoms with E-state index in [1.54, 1.807) is 17.5 Å². The number of thiazole rings is 1. The Bertz CT molecular complexity index is 712. The van der Waals surface area contributed by atoms with Crippen LogP contribution in [0.2, 0.25) is 5.02 Å². The van der Waals surface area contributed by atoms with Crippen molar-refractivity contribution in [3.8, 4) is 10.4 Å². The average Bonchev–Trinajstić information content (AvgIpc) is 2.97. The van der Waals surface area contributed by atoms with Crippen molar-refractivity contribution in [3.05, 3.63) is 70.6 Å². The molecule has 0 amide bonds. The molecule has 0 saturated carbocycles. The summed E-state index contributed by atoms with van der Waals surface area (Å²) in [7, 11) is 0. The van der Waals surface area contributed by atoms with Crippen molar-refractivity contribution < 1.29 is 0 Å². The first kappa shape index (κ1) is 14.2. The summed E-state index contributed by atoms with van der Waals surface area (Å²) >= 11 is 7.70. The Hall–Kier alpha value is -1.75. The number of benzene rings is 1. The number of nitrogens with zero attached hydrogens (tertiary/aromatic N) is 2. The molecule has 0 aliphatic rings. The lowest BCUT2D eigenvalue weighted by Gasteiger charge is -2.01. The van der Waals surface area contributed by atoms with Crippen LogP contribution in [-0.4, -0.2) is 9.97 Å². The van der Waals surface area contributed by atoms with Gasteiger partial charge >= 0.3 is 0 Å². The van der Waals surface area contributed by atoms with Gasteiger partial charge in [0.25, 0.3) is 0 Å². The van der Waals surface area contributed by atoms with Crippen molar-refractivity contribution in [1.82, 2.24) is 15.3 Å². The molecule has 2 heterocycles. The first-order chi connectivity index (χ1) is 10.3. The molecule has 0 fully saturated rings. The van der Waals surface area contributed by atoms with Crippen LogP contribution >= 0.6 is 22.9 Å². The van der Waals surface area contributed by atoms with Crippen LogP contribution in [0.4, 0.5) is 0 Å². The molecule has 0 saturated heterocycles. The second kappa shape index (κ2) is 6.80. The van der Waals surface area contributed by atoms with E-state index < -0.39 is 0 Å². The number of hydrogen-bond donors (Lipinski definition) is 1. The van der Waals surface area contributed by atoms with Crippen molar-refractivity contribution in [3.63, 3.8) is 0 Å². The number of rotatable bonds is 5. The normalized spacial score (nSPS) is 10.7. The number of nitrogens with one attached hydrogen (secondary N) is 1. The van der Waals surface area contributed by atoms with Gasteiger partial charge in [0, 0.05) is 36.7 Å². The second-order valence-electron chi connectivity index (χ2n) is 4.59. The summed E-state index contributed by atoms with van der Waals surface area (Å²) < 4.78 is 0. The predicted octanol–water partition coefficient (Wildman–Crippen LogP) is 4.15. The van der Waals surface area contributed by atoms with Crippen LogP contribution in [0.5, 0.6) is 0 Å². The molecule has 3 rings (SSSR count). The third-order valence-corrected chi connectivity index (χ3v) is 4.27. The topological polar surface area (TPSA) is 37.8 Å². The highest BCUT2D eigenvalue weighted by atomic mass is 35.5. The molecule has 0 unspecified atom stereocenters. The van der Waals surface area contributed by atoms with E-state index in [0.717, 1.165) is 33.6 Å². The van der Waals surface area contributed by atoms with Crippen molar-refractivity contribution in [2.45, 2.75) is 13.1 Å². The Morgan fingerprint density at radius 1 is 1.10 bits per heavy atom. The Morgan fingerprint density at radius 3 is 2.86 bits per heavy atom. The van der Waals surface area contributed by atoms with Gasteiger partial charge in [0.15, 0.2) is 0 Å². The van der Waals surface area contributed by atoms with Gasteiger partial charge in [-0.15, -0.1) is 11.3 Å². The quantitative estimate of drug-likeness (QED) is 0.768. The molecular weight excluding hydrogens is 302 g/mol. The first-order valence-corrected chi connectivity index (χ1v) is 7.81. The summed E-state index contributed by atoms with van der Waals surface area (Å²) in [6.07, 6.45) is 5.55. The van der Waals surface area contributed by atoms with Crippen LogP contribution < -0.4 is 5.32 Å². The molecule has 0 aliphatic heterocycles. The summed E-state index contributed by atoms with van der Waals surface area (Å²) in [6.45, 7) is 1.54. The van der Waals surface area contributed by atoms with E-state index in [1.165, 1.54) is 5.56 Å². The van der Waals surface area contributed by atoms with E-state index in [2.05, 4.69) is 21.4 Å². The molecule has 21 heavy (non-hydrogen) atoms. The van der Waals surface area contributed by atoms with Gasteiger partial charge in [-0.3, -0.25) is 4.98 Å². The second-order valence-corrected chi connectivity index (χ2v) is 6.15. The maximum atomic E-state index is 6.02. The predicted molar refractivity (Wildman–Crippen MR) is 87.3 cm³/mol. The smallest absolute Gasteiger partial charge is 0.107 e. The van der Waals surface area contributed by atoms with Gasteiger partial charge in [-0.25, -0.2) is 4.98 Å². The van der Waals surface area contributed by atoms with Gasteiger partial charge in [0.2, 0.25) is 0 Å². The van der Waals surface area contributed by atoms with E-state index in [9.17, 15) is 0 Å². The van der Waals surface area contributed by atoms with Crippen LogP contribution in [0, 0.1) is 0 Å². The third-order valence-electron chi connectivity index (χ3n) is 2.99. The maximum Gasteiger partial charge on any atom is 0.107 e. The lowest BCUT2D eigenvalue weighted by molar-refractivity contribution is 0.688. The zero-order valence-corrected chi connectivity index (χ0v) is 12.9. The Balaban J connectivity index is 1.60. The van der Waals surface area contributed by atoms with Crippen LogP contribution in [0.3, 0.4) is 0 Å².